The lowest BCUT2D eigenvalue weighted by Crippen LogP contribution is -2.41. The second-order valence-corrected chi connectivity index (χ2v) is 6.75. The van der Waals surface area contributed by atoms with Gasteiger partial charge in [-0.25, -0.2) is 4.79 Å². The zero-order valence-corrected chi connectivity index (χ0v) is 14.0. The third-order valence-electron chi connectivity index (χ3n) is 3.65. The van der Waals surface area contributed by atoms with Crippen LogP contribution in [0.2, 0.25) is 0 Å². The van der Waals surface area contributed by atoms with Crippen molar-refractivity contribution in [2.75, 3.05) is 13.1 Å². The molecule has 0 radical (unpaired) electrons. The SMILES string of the molecule is C[C@@H](N=C1CCN(C(=O)OC(C)(C)C)CC1)c1ccccc1. The van der Waals surface area contributed by atoms with Crippen LogP contribution < -0.4 is 0 Å². The quantitative estimate of drug-likeness (QED) is 0.821. The molecule has 1 aromatic rings. The summed E-state index contributed by atoms with van der Waals surface area (Å²) in [5.41, 5.74) is 1.98. The summed E-state index contributed by atoms with van der Waals surface area (Å²) < 4.78 is 5.41. The number of aliphatic imine (C=N–C) groups is 1. The van der Waals surface area contributed by atoms with Crippen LogP contribution in [-0.2, 0) is 4.74 Å². The van der Waals surface area contributed by atoms with Gasteiger partial charge in [0.05, 0.1) is 6.04 Å². The molecule has 1 aliphatic heterocycles. The predicted molar refractivity (Wildman–Crippen MR) is 89.3 cm³/mol. The smallest absolute Gasteiger partial charge is 0.410 e. The van der Waals surface area contributed by atoms with Gasteiger partial charge in [-0.3, -0.25) is 4.99 Å². The lowest BCUT2D eigenvalue weighted by molar-refractivity contribution is 0.0249. The minimum Gasteiger partial charge on any atom is -0.444 e. The number of likely N-dealkylation sites (tertiary alicyclic amines) is 1. The van der Waals surface area contributed by atoms with Gasteiger partial charge in [-0.15, -0.1) is 0 Å². The minimum absolute atomic E-state index is 0.171. The summed E-state index contributed by atoms with van der Waals surface area (Å²) >= 11 is 0. The molecule has 0 spiro atoms. The lowest BCUT2D eigenvalue weighted by atomic mass is 10.1. The van der Waals surface area contributed by atoms with Crippen molar-refractivity contribution in [2.45, 2.75) is 52.2 Å². The fraction of sp³-hybridized carbons (Fsp3) is 0.556. The van der Waals surface area contributed by atoms with Gasteiger partial charge >= 0.3 is 6.09 Å². The molecule has 1 aromatic carbocycles. The molecule has 22 heavy (non-hydrogen) atoms. The molecule has 1 fully saturated rings. The lowest BCUT2D eigenvalue weighted by Gasteiger charge is -2.30. The molecule has 1 saturated heterocycles. The normalized spacial score (nSPS) is 17.1. The molecular formula is C18H26N2O2. The molecule has 120 valence electrons. The van der Waals surface area contributed by atoms with E-state index in [1.54, 1.807) is 4.90 Å². The Bertz CT molecular complexity index is 522. The van der Waals surface area contributed by atoms with E-state index in [0.29, 0.717) is 13.1 Å². The highest BCUT2D eigenvalue weighted by Gasteiger charge is 2.25. The first kappa shape index (κ1) is 16.5. The van der Waals surface area contributed by atoms with Crippen LogP contribution in [0.3, 0.4) is 0 Å². The van der Waals surface area contributed by atoms with Crippen LogP contribution >= 0.6 is 0 Å². The highest BCUT2D eigenvalue weighted by Crippen LogP contribution is 2.20. The first-order chi connectivity index (χ1) is 10.3. The number of rotatable bonds is 2. The van der Waals surface area contributed by atoms with Gasteiger partial charge < -0.3 is 9.64 Å². The molecule has 0 aliphatic carbocycles. The van der Waals surface area contributed by atoms with Crippen LogP contribution in [0.5, 0.6) is 0 Å². The van der Waals surface area contributed by atoms with Crippen LogP contribution in [-0.4, -0.2) is 35.4 Å². The van der Waals surface area contributed by atoms with Crippen molar-refractivity contribution in [1.82, 2.24) is 4.90 Å². The number of carbonyl (C=O) groups excluding carboxylic acids is 1. The van der Waals surface area contributed by atoms with Gasteiger partial charge in [-0.1, -0.05) is 30.3 Å². The fourth-order valence-corrected chi connectivity index (χ4v) is 2.48. The fourth-order valence-electron chi connectivity index (χ4n) is 2.48. The van der Waals surface area contributed by atoms with E-state index in [1.165, 1.54) is 11.3 Å². The molecule has 2 rings (SSSR count). The topological polar surface area (TPSA) is 41.9 Å². The van der Waals surface area contributed by atoms with Crippen molar-refractivity contribution in [3.05, 3.63) is 35.9 Å². The Morgan fingerprint density at radius 2 is 1.77 bits per heavy atom. The van der Waals surface area contributed by atoms with E-state index in [-0.39, 0.29) is 12.1 Å². The Morgan fingerprint density at radius 1 is 1.18 bits per heavy atom. The van der Waals surface area contributed by atoms with Crippen LogP contribution in [0, 0.1) is 0 Å². The van der Waals surface area contributed by atoms with E-state index in [0.717, 1.165) is 12.8 Å². The summed E-state index contributed by atoms with van der Waals surface area (Å²) in [6.07, 6.45) is 1.44. The number of hydrogen-bond acceptors (Lipinski definition) is 3. The maximum absolute atomic E-state index is 12.0. The van der Waals surface area contributed by atoms with E-state index in [4.69, 9.17) is 9.73 Å². The number of carbonyl (C=O) groups is 1. The summed E-state index contributed by atoms with van der Waals surface area (Å²) in [5, 5.41) is 0. The number of amides is 1. The van der Waals surface area contributed by atoms with Crippen LogP contribution in [0.4, 0.5) is 4.79 Å². The number of hydrogen-bond donors (Lipinski definition) is 0. The minimum atomic E-state index is -0.437. The second-order valence-electron chi connectivity index (χ2n) is 6.75. The van der Waals surface area contributed by atoms with Gasteiger partial charge in [0.25, 0.3) is 0 Å². The Labute approximate surface area is 133 Å². The first-order valence-electron chi connectivity index (χ1n) is 7.93. The summed E-state index contributed by atoms with van der Waals surface area (Å²) in [6, 6.07) is 10.5. The van der Waals surface area contributed by atoms with Crippen LogP contribution in [0.25, 0.3) is 0 Å². The van der Waals surface area contributed by atoms with Crippen molar-refractivity contribution in [1.29, 1.82) is 0 Å². The third kappa shape index (κ3) is 4.86. The maximum Gasteiger partial charge on any atom is 0.410 e. The van der Waals surface area contributed by atoms with Gasteiger partial charge in [0.15, 0.2) is 0 Å². The zero-order chi connectivity index (χ0) is 16.2. The molecule has 0 bridgehead atoms. The number of ether oxygens (including phenoxy) is 1. The van der Waals surface area contributed by atoms with Gasteiger partial charge in [0.1, 0.15) is 5.60 Å². The van der Waals surface area contributed by atoms with E-state index < -0.39 is 5.60 Å². The van der Waals surface area contributed by atoms with Crippen molar-refractivity contribution < 1.29 is 9.53 Å². The van der Waals surface area contributed by atoms with Crippen LogP contribution in [0.15, 0.2) is 35.3 Å². The molecule has 1 aliphatic rings. The summed E-state index contributed by atoms with van der Waals surface area (Å²) in [6.45, 7) is 9.17. The molecular weight excluding hydrogens is 276 g/mol. The Morgan fingerprint density at radius 3 is 2.32 bits per heavy atom. The number of benzene rings is 1. The van der Waals surface area contributed by atoms with E-state index in [1.807, 2.05) is 39.0 Å². The van der Waals surface area contributed by atoms with Crippen molar-refractivity contribution >= 4 is 11.8 Å². The van der Waals surface area contributed by atoms with Gasteiger partial charge in [-0.05, 0) is 33.3 Å². The van der Waals surface area contributed by atoms with Gasteiger partial charge in [-0.2, -0.15) is 0 Å². The molecule has 0 aromatic heterocycles. The van der Waals surface area contributed by atoms with E-state index in [2.05, 4.69) is 19.1 Å². The summed E-state index contributed by atoms with van der Waals surface area (Å²) in [7, 11) is 0. The van der Waals surface area contributed by atoms with Gasteiger partial charge in [0, 0.05) is 31.6 Å². The average molecular weight is 302 g/mol. The Balaban J connectivity index is 1.89. The first-order valence-corrected chi connectivity index (χ1v) is 7.93. The monoisotopic (exact) mass is 302 g/mol. The highest BCUT2D eigenvalue weighted by molar-refractivity contribution is 5.87. The van der Waals surface area contributed by atoms with E-state index in [9.17, 15) is 4.79 Å². The molecule has 4 heteroatoms. The largest absolute Gasteiger partial charge is 0.444 e. The Hall–Kier alpha value is -1.84. The Kier molecular flexibility index (Phi) is 5.22. The summed E-state index contributed by atoms with van der Waals surface area (Å²) in [4.78, 5) is 18.6. The standard InChI is InChI=1S/C18H26N2O2/c1-14(15-8-6-5-7-9-15)19-16-10-12-20(13-11-16)17(21)22-18(2,3)4/h5-9,14H,10-13H2,1-4H3/t14-/m1/s1. The molecule has 0 N–H and O–H groups in total. The molecule has 1 amide bonds. The zero-order valence-electron chi connectivity index (χ0n) is 14.0. The summed E-state index contributed by atoms with van der Waals surface area (Å²) in [5.74, 6) is 0. The number of piperidine rings is 1. The van der Waals surface area contributed by atoms with Crippen molar-refractivity contribution in [3.8, 4) is 0 Å². The second kappa shape index (κ2) is 6.95. The van der Waals surface area contributed by atoms with Crippen LogP contribution in [0.1, 0.15) is 52.1 Å². The maximum atomic E-state index is 12.0. The van der Waals surface area contributed by atoms with Crippen molar-refractivity contribution in [2.24, 2.45) is 4.99 Å². The molecule has 1 heterocycles. The average Bonchev–Trinajstić information content (AvgIpc) is 2.47. The molecule has 1 atom stereocenters. The van der Waals surface area contributed by atoms with Gasteiger partial charge in [0.2, 0.25) is 0 Å². The molecule has 0 unspecified atom stereocenters. The van der Waals surface area contributed by atoms with E-state index >= 15 is 0 Å². The highest BCUT2D eigenvalue weighted by atomic mass is 16.6. The molecule has 4 nitrogen and oxygen atoms in total. The molecule has 0 saturated carbocycles. The number of nitrogens with zero attached hydrogens (tertiary/aromatic N) is 2. The van der Waals surface area contributed by atoms with Crippen molar-refractivity contribution in [3.63, 3.8) is 0 Å². The third-order valence-corrected chi connectivity index (χ3v) is 3.65. The predicted octanol–water partition coefficient (Wildman–Crippen LogP) is 4.22.